The van der Waals surface area contributed by atoms with Gasteiger partial charge >= 0.3 is 6.18 Å². The van der Waals surface area contributed by atoms with Crippen LogP contribution in [0.1, 0.15) is 29.6 Å². The highest BCUT2D eigenvalue weighted by molar-refractivity contribution is 5.54. The van der Waals surface area contributed by atoms with Gasteiger partial charge in [-0.1, -0.05) is 12.1 Å². The Morgan fingerprint density at radius 2 is 2.04 bits per heavy atom. The van der Waals surface area contributed by atoms with Crippen LogP contribution in [0, 0.1) is 11.3 Å². The monoisotopic (exact) mass is 322 g/mol. The Kier molecular flexibility index (Phi) is 3.64. The number of hydrogen-bond acceptors (Lipinski definition) is 4. The van der Waals surface area contributed by atoms with E-state index in [9.17, 15) is 13.2 Å². The van der Waals surface area contributed by atoms with E-state index in [0.717, 1.165) is 10.9 Å². The average molecular weight is 322 g/mol. The normalized spacial score (nSPS) is 20.3. The summed E-state index contributed by atoms with van der Waals surface area (Å²) in [6.45, 7) is 0. The number of rotatable bonds is 2. The quantitative estimate of drug-likeness (QED) is 0.920. The van der Waals surface area contributed by atoms with Crippen LogP contribution in [-0.4, -0.2) is 23.1 Å². The molecule has 0 bridgehead atoms. The smallest absolute Gasteiger partial charge is 0.410 e. The highest BCUT2D eigenvalue weighted by Gasteiger charge is 2.46. The molecule has 5 nitrogen and oxygen atoms in total. The lowest BCUT2D eigenvalue weighted by Crippen LogP contribution is -2.35. The molecule has 1 N–H and O–H groups in total. The van der Waals surface area contributed by atoms with Crippen molar-refractivity contribution >= 4 is 5.82 Å². The number of methoxy groups -OCH3 is 1. The zero-order valence-electron chi connectivity index (χ0n) is 12.1. The molecule has 0 spiro atoms. The van der Waals surface area contributed by atoms with Crippen molar-refractivity contribution < 1.29 is 17.9 Å². The summed E-state index contributed by atoms with van der Waals surface area (Å²) in [5.41, 5.74) is 0.786. The van der Waals surface area contributed by atoms with Crippen molar-refractivity contribution in [1.82, 2.24) is 9.78 Å². The van der Waals surface area contributed by atoms with Gasteiger partial charge in [0.1, 0.15) is 23.2 Å². The number of hydrogen-bond donors (Lipinski definition) is 1. The van der Waals surface area contributed by atoms with Gasteiger partial charge in [-0.2, -0.15) is 23.5 Å². The highest BCUT2D eigenvalue weighted by atomic mass is 19.4. The number of nitrogens with zero attached hydrogens (tertiary/aromatic N) is 3. The zero-order valence-corrected chi connectivity index (χ0v) is 12.1. The van der Waals surface area contributed by atoms with Gasteiger partial charge < -0.3 is 10.1 Å². The van der Waals surface area contributed by atoms with E-state index in [1.807, 2.05) is 6.07 Å². The Morgan fingerprint density at radius 1 is 1.35 bits per heavy atom. The Morgan fingerprint density at radius 3 is 2.61 bits per heavy atom. The molecule has 2 heterocycles. The third-order valence-corrected chi connectivity index (χ3v) is 3.88. The number of aromatic nitrogens is 2. The van der Waals surface area contributed by atoms with Gasteiger partial charge in [-0.15, -0.1) is 0 Å². The fourth-order valence-electron chi connectivity index (χ4n) is 2.70. The van der Waals surface area contributed by atoms with E-state index < -0.39 is 18.3 Å². The predicted octanol–water partition coefficient (Wildman–Crippen LogP) is 3.42. The van der Waals surface area contributed by atoms with E-state index in [0.29, 0.717) is 11.3 Å². The number of benzene rings is 1. The first-order valence-electron chi connectivity index (χ1n) is 6.89. The number of nitriles is 1. The van der Waals surface area contributed by atoms with Crippen LogP contribution in [0.3, 0.4) is 0 Å². The summed E-state index contributed by atoms with van der Waals surface area (Å²) in [6, 6.07) is 6.33. The number of anilines is 1. The molecule has 0 aliphatic carbocycles. The van der Waals surface area contributed by atoms with E-state index in [1.54, 1.807) is 24.3 Å². The van der Waals surface area contributed by atoms with Gasteiger partial charge in [-0.25, -0.2) is 4.68 Å². The fourth-order valence-corrected chi connectivity index (χ4v) is 2.70. The maximum Gasteiger partial charge on any atom is 0.410 e. The topological polar surface area (TPSA) is 62.9 Å². The Bertz CT molecular complexity index is 746. The molecule has 2 aromatic rings. The van der Waals surface area contributed by atoms with Crippen LogP contribution in [0.5, 0.6) is 5.75 Å². The minimum absolute atomic E-state index is 0.0949. The lowest BCUT2D eigenvalue weighted by atomic mass is 9.96. The largest absolute Gasteiger partial charge is 0.497 e. The Hall–Kier alpha value is -2.69. The second-order valence-corrected chi connectivity index (χ2v) is 5.23. The molecular weight excluding hydrogens is 309 g/mol. The van der Waals surface area contributed by atoms with Crippen molar-refractivity contribution in [3.63, 3.8) is 0 Å². The number of ether oxygens (including phenoxy) is 1. The second kappa shape index (κ2) is 5.50. The molecule has 2 unspecified atom stereocenters. The SMILES string of the molecule is COc1ccc(C2CC(C(F)(F)F)n3ncc(C#N)c3N2)cc1. The third-order valence-electron chi connectivity index (χ3n) is 3.88. The van der Waals surface area contributed by atoms with E-state index >= 15 is 0 Å². The molecule has 1 aliphatic rings. The molecule has 1 aromatic heterocycles. The van der Waals surface area contributed by atoms with E-state index in [1.165, 1.54) is 7.11 Å². The lowest BCUT2D eigenvalue weighted by molar-refractivity contribution is -0.173. The van der Waals surface area contributed by atoms with Gasteiger partial charge in [-0.3, -0.25) is 0 Å². The first-order chi connectivity index (χ1) is 10.9. The molecule has 23 heavy (non-hydrogen) atoms. The van der Waals surface area contributed by atoms with E-state index in [4.69, 9.17) is 10.00 Å². The van der Waals surface area contributed by atoms with E-state index in [2.05, 4.69) is 10.4 Å². The van der Waals surface area contributed by atoms with E-state index in [-0.39, 0.29) is 17.8 Å². The number of nitrogens with one attached hydrogen (secondary N) is 1. The summed E-state index contributed by atoms with van der Waals surface area (Å²) in [6.07, 6.45) is -3.49. The zero-order chi connectivity index (χ0) is 16.6. The molecule has 2 atom stereocenters. The summed E-state index contributed by atoms with van der Waals surface area (Å²) in [5.74, 6) is 0.724. The van der Waals surface area contributed by atoms with Crippen LogP contribution < -0.4 is 10.1 Å². The van der Waals surface area contributed by atoms with Crippen molar-refractivity contribution in [2.75, 3.05) is 12.4 Å². The maximum atomic E-state index is 13.3. The summed E-state index contributed by atoms with van der Waals surface area (Å²) >= 11 is 0. The number of fused-ring (bicyclic) bond motifs is 1. The molecule has 0 fully saturated rings. The third kappa shape index (κ3) is 2.70. The first kappa shape index (κ1) is 15.2. The first-order valence-corrected chi connectivity index (χ1v) is 6.89. The Balaban J connectivity index is 2.00. The number of halogens is 3. The summed E-state index contributed by atoms with van der Waals surface area (Å²) in [5, 5.41) is 15.8. The minimum atomic E-state index is -4.44. The van der Waals surface area contributed by atoms with Crippen LogP contribution in [0.4, 0.5) is 19.0 Å². The molecule has 1 aromatic carbocycles. The van der Waals surface area contributed by atoms with Crippen LogP contribution in [-0.2, 0) is 0 Å². The van der Waals surface area contributed by atoms with Crippen molar-refractivity contribution in [3.05, 3.63) is 41.6 Å². The van der Waals surface area contributed by atoms with Gasteiger partial charge in [0.05, 0.1) is 19.3 Å². The van der Waals surface area contributed by atoms with Crippen LogP contribution >= 0.6 is 0 Å². The number of alkyl halides is 3. The van der Waals surface area contributed by atoms with Gasteiger partial charge in [0.25, 0.3) is 0 Å². The van der Waals surface area contributed by atoms with Gasteiger partial charge in [0, 0.05) is 6.42 Å². The maximum absolute atomic E-state index is 13.3. The molecule has 0 saturated carbocycles. The second-order valence-electron chi connectivity index (χ2n) is 5.23. The molecule has 3 rings (SSSR count). The summed E-state index contributed by atoms with van der Waals surface area (Å²) < 4.78 is 45.9. The van der Waals surface area contributed by atoms with Gasteiger partial charge in [-0.05, 0) is 17.7 Å². The molecule has 0 amide bonds. The van der Waals surface area contributed by atoms with Crippen molar-refractivity contribution in [2.24, 2.45) is 0 Å². The van der Waals surface area contributed by atoms with Crippen molar-refractivity contribution in [1.29, 1.82) is 5.26 Å². The van der Waals surface area contributed by atoms with Crippen molar-refractivity contribution in [3.8, 4) is 11.8 Å². The molecule has 0 saturated heterocycles. The van der Waals surface area contributed by atoms with Crippen LogP contribution in [0.15, 0.2) is 30.5 Å². The lowest BCUT2D eigenvalue weighted by Gasteiger charge is -2.33. The molecule has 0 radical (unpaired) electrons. The Labute approximate surface area is 130 Å². The fraction of sp³-hybridized carbons (Fsp3) is 0.333. The standard InChI is InChI=1S/C15H13F3N4O/c1-23-11-4-2-9(3-5-11)12-6-13(15(16,17)18)22-14(21-12)10(7-19)8-20-22/h2-5,8,12-13,21H,6H2,1H3. The van der Waals surface area contributed by atoms with Crippen molar-refractivity contribution in [2.45, 2.75) is 24.7 Å². The highest BCUT2D eigenvalue weighted by Crippen LogP contribution is 2.44. The molecule has 120 valence electrons. The summed E-state index contributed by atoms with van der Waals surface area (Å²) in [7, 11) is 1.52. The van der Waals surface area contributed by atoms with Gasteiger partial charge in [0.2, 0.25) is 0 Å². The predicted molar refractivity (Wildman–Crippen MR) is 76.0 cm³/mol. The van der Waals surface area contributed by atoms with Gasteiger partial charge in [0.15, 0.2) is 6.04 Å². The molecular formula is C15H13F3N4O. The molecule has 1 aliphatic heterocycles. The summed E-state index contributed by atoms with van der Waals surface area (Å²) in [4.78, 5) is 0. The van der Waals surface area contributed by atoms with Crippen LogP contribution in [0.25, 0.3) is 0 Å². The molecule has 8 heteroatoms. The van der Waals surface area contributed by atoms with Crippen LogP contribution in [0.2, 0.25) is 0 Å². The minimum Gasteiger partial charge on any atom is -0.497 e. The average Bonchev–Trinajstić information content (AvgIpc) is 2.96.